The highest BCUT2D eigenvalue weighted by Crippen LogP contribution is 2.09. The van der Waals surface area contributed by atoms with Crippen LogP contribution in [0.2, 0.25) is 0 Å². The molecule has 1 saturated heterocycles. The van der Waals surface area contributed by atoms with Crippen LogP contribution in [0.4, 0.5) is 0 Å². The Morgan fingerprint density at radius 3 is 3.12 bits per heavy atom. The van der Waals surface area contributed by atoms with Crippen LogP contribution in [0.15, 0.2) is 23.4 Å². The molecule has 1 unspecified atom stereocenters. The lowest BCUT2D eigenvalue weighted by molar-refractivity contribution is -0.0460. The molecule has 1 fully saturated rings. The van der Waals surface area contributed by atoms with Crippen LogP contribution < -0.4 is 5.56 Å². The van der Waals surface area contributed by atoms with Crippen LogP contribution >= 0.6 is 0 Å². The Labute approximate surface area is 101 Å². The maximum absolute atomic E-state index is 11.6. The SMILES string of the molecule is CC(C)N1CCOC(Cn2cnccc2=O)C1. The lowest BCUT2D eigenvalue weighted by Crippen LogP contribution is -2.47. The predicted molar refractivity (Wildman–Crippen MR) is 64.9 cm³/mol. The van der Waals surface area contributed by atoms with Crippen molar-refractivity contribution in [3.63, 3.8) is 0 Å². The van der Waals surface area contributed by atoms with E-state index in [0.29, 0.717) is 12.6 Å². The van der Waals surface area contributed by atoms with E-state index < -0.39 is 0 Å². The highest BCUT2D eigenvalue weighted by Gasteiger charge is 2.22. The molecule has 0 bridgehead atoms. The maximum Gasteiger partial charge on any atom is 0.253 e. The van der Waals surface area contributed by atoms with E-state index in [9.17, 15) is 4.79 Å². The van der Waals surface area contributed by atoms with E-state index in [1.807, 2.05) is 0 Å². The number of ether oxygens (including phenoxy) is 1. The number of rotatable bonds is 3. The third-order valence-corrected chi connectivity index (χ3v) is 3.09. The molecule has 0 aromatic carbocycles. The molecule has 2 rings (SSSR count). The number of hydrogen-bond donors (Lipinski definition) is 0. The fourth-order valence-electron chi connectivity index (χ4n) is 2.06. The molecule has 1 aliphatic heterocycles. The predicted octanol–water partition coefficient (Wildman–Crippen LogP) is 0.352. The monoisotopic (exact) mass is 237 g/mol. The van der Waals surface area contributed by atoms with E-state index in [0.717, 1.165) is 19.7 Å². The minimum Gasteiger partial charge on any atom is -0.374 e. The summed E-state index contributed by atoms with van der Waals surface area (Å²) < 4.78 is 7.29. The highest BCUT2D eigenvalue weighted by atomic mass is 16.5. The Morgan fingerprint density at radius 1 is 1.59 bits per heavy atom. The molecule has 2 heterocycles. The van der Waals surface area contributed by atoms with Gasteiger partial charge in [-0.25, -0.2) is 4.98 Å². The molecule has 0 aliphatic carbocycles. The van der Waals surface area contributed by atoms with Crippen LogP contribution in [-0.4, -0.2) is 46.3 Å². The van der Waals surface area contributed by atoms with Gasteiger partial charge in [0, 0.05) is 31.4 Å². The molecule has 0 spiro atoms. The van der Waals surface area contributed by atoms with Crippen molar-refractivity contribution >= 4 is 0 Å². The van der Waals surface area contributed by atoms with Crippen molar-refractivity contribution < 1.29 is 4.74 Å². The van der Waals surface area contributed by atoms with Crippen molar-refractivity contribution in [3.05, 3.63) is 28.9 Å². The summed E-state index contributed by atoms with van der Waals surface area (Å²) in [6.07, 6.45) is 3.16. The van der Waals surface area contributed by atoms with Crippen LogP contribution in [-0.2, 0) is 11.3 Å². The maximum atomic E-state index is 11.6. The molecule has 0 amide bonds. The van der Waals surface area contributed by atoms with Gasteiger partial charge in [-0.2, -0.15) is 0 Å². The van der Waals surface area contributed by atoms with Crippen LogP contribution in [0, 0.1) is 0 Å². The van der Waals surface area contributed by atoms with Crippen molar-refractivity contribution in [2.45, 2.75) is 32.5 Å². The van der Waals surface area contributed by atoms with Gasteiger partial charge in [0.2, 0.25) is 0 Å². The summed E-state index contributed by atoms with van der Waals surface area (Å²) in [4.78, 5) is 17.9. The first-order valence-corrected chi connectivity index (χ1v) is 6.03. The average Bonchev–Trinajstić information content (AvgIpc) is 2.32. The number of morpholine rings is 1. The standard InChI is InChI=1S/C12H19N3O2/c1-10(2)14-5-6-17-11(7-14)8-15-9-13-4-3-12(15)16/h3-4,9-11H,5-8H2,1-2H3. The average molecular weight is 237 g/mol. The topological polar surface area (TPSA) is 47.4 Å². The number of nitrogens with zero attached hydrogens (tertiary/aromatic N) is 3. The summed E-state index contributed by atoms with van der Waals surface area (Å²) in [5.74, 6) is 0. The van der Waals surface area contributed by atoms with Gasteiger partial charge in [0.1, 0.15) is 0 Å². The Bertz CT molecular complexity index is 416. The van der Waals surface area contributed by atoms with E-state index in [2.05, 4.69) is 23.7 Å². The minimum absolute atomic E-state index is 0.0229. The lowest BCUT2D eigenvalue weighted by Gasteiger charge is -2.35. The second-order valence-corrected chi connectivity index (χ2v) is 4.65. The minimum atomic E-state index is -0.0229. The molecule has 5 nitrogen and oxygen atoms in total. The first-order valence-electron chi connectivity index (χ1n) is 6.03. The van der Waals surface area contributed by atoms with Gasteiger partial charge in [-0.05, 0) is 13.8 Å². The molecule has 5 heteroatoms. The van der Waals surface area contributed by atoms with E-state index in [1.54, 1.807) is 10.9 Å². The van der Waals surface area contributed by atoms with Crippen molar-refractivity contribution in [2.75, 3.05) is 19.7 Å². The Balaban J connectivity index is 2.00. The van der Waals surface area contributed by atoms with Gasteiger partial charge in [-0.15, -0.1) is 0 Å². The van der Waals surface area contributed by atoms with Crippen LogP contribution in [0.1, 0.15) is 13.8 Å². The molecular weight excluding hydrogens is 218 g/mol. The summed E-state index contributed by atoms with van der Waals surface area (Å²) in [6.45, 7) is 7.51. The molecule has 0 saturated carbocycles. The zero-order chi connectivity index (χ0) is 12.3. The van der Waals surface area contributed by atoms with Gasteiger partial charge in [0.05, 0.1) is 25.6 Å². The number of hydrogen-bond acceptors (Lipinski definition) is 4. The quantitative estimate of drug-likeness (QED) is 0.761. The van der Waals surface area contributed by atoms with Crippen LogP contribution in [0.25, 0.3) is 0 Å². The Hall–Kier alpha value is -1.20. The molecule has 1 aromatic heterocycles. The molecule has 0 radical (unpaired) electrons. The van der Waals surface area contributed by atoms with Gasteiger partial charge < -0.3 is 4.74 Å². The summed E-state index contributed by atoms with van der Waals surface area (Å²) >= 11 is 0. The summed E-state index contributed by atoms with van der Waals surface area (Å²) in [7, 11) is 0. The normalized spacial score (nSPS) is 21.9. The Kier molecular flexibility index (Phi) is 3.91. The second kappa shape index (κ2) is 5.42. The number of aromatic nitrogens is 2. The van der Waals surface area contributed by atoms with E-state index in [4.69, 9.17) is 4.74 Å². The van der Waals surface area contributed by atoms with Gasteiger partial charge in [-0.1, -0.05) is 0 Å². The first-order chi connectivity index (χ1) is 8.16. The smallest absolute Gasteiger partial charge is 0.253 e. The van der Waals surface area contributed by atoms with E-state index in [1.165, 1.54) is 12.3 Å². The van der Waals surface area contributed by atoms with Gasteiger partial charge in [0.25, 0.3) is 5.56 Å². The Morgan fingerprint density at radius 2 is 2.41 bits per heavy atom. The van der Waals surface area contributed by atoms with Gasteiger partial charge in [0.15, 0.2) is 0 Å². The molecular formula is C12H19N3O2. The largest absolute Gasteiger partial charge is 0.374 e. The van der Waals surface area contributed by atoms with Crippen molar-refractivity contribution in [1.82, 2.24) is 14.5 Å². The van der Waals surface area contributed by atoms with Crippen molar-refractivity contribution in [1.29, 1.82) is 0 Å². The third kappa shape index (κ3) is 3.14. The molecule has 94 valence electrons. The zero-order valence-corrected chi connectivity index (χ0v) is 10.4. The van der Waals surface area contributed by atoms with Crippen LogP contribution in [0.3, 0.4) is 0 Å². The summed E-state index contributed by atoms with van der Waals surface area (Å²) in [5, 5.41) is 0. The van der Waals surface area contributed by atoms with Crippen molar-refractivity contribution in [3.8, 4) is 0 Å². The zero-order valence-electron chi connectivity index (χ0n) is 10.4. The summed E-state index contributed by atoms with van der Waals surface area (Å²) in [5.41, 5.74) is -0.0229. The van der Waals surface area contributed by atoms with E-state index >= 15 is 0 Å². The molecule has 17 heavy (non-hydrogen) atoms. The molecule has 0 N–H and O–H groups in total. The van der Waals surface area contributed by atoms with Gasteiger partial charge >= 0.3 is 0 Å². The third-order valence-electron chi connectivity index (χ3n) is 3.09. The van der Waals surface area contributed by atoms with E-state index in [-0.39, 0.29) is 11.7 Å². The second-order valence-electron chi connectivity index (χ2n) is 4.65. The fourth-order valence-corrected chi connectivity index (χ4v) is 2.06. The highest BCUT2D eigenvalue weighted by molar-refractivity contribution is 4.84. The molecule has 1 aliphatic rings. The first kappa shape index (κ1) is 12.3. The van der Waals surface area contributed by atoms with Crippen molar-refractivity contribution in [2.24, 2.45) is 0 Å². The van der Waals surface area contributed by atoms with Crippen LogP contribution in [0.5, 0.6) is 0 Å². The molecule has 1 atom stereocenters. The molecule has 1 aromatic rings. The summed E-state index contributed by atoms with van der Waals surface area (Å²) in [6, 6.07) is 2.00. The van der Waals surface area contributed by atoms with Gasteiger partial charge in [-0.3, -0.25) is 14.3 Å². The lowest BCUT2D eigenvalue weighted by atomic mass is 10.2. The fraction of sp³-hybridized carbons (Fsp3) is 0.667.